The number of aliphatic hydroxyl groups is 1. The van der Waals surface area contributed by atoms with Gasteiger partial charge < -0.3 is 19.1 Å². The molecule has 2 aromatic heterocycles. The number of rotatable bonds is 14. The molecule has 2 heterocycles. The SMILES string of the molecule is CC(C)(O)c1cc(F)c2nc(-c3cc(C(=O)c4ccccc4C(F)(F)F)cn3COCC[Si](C)(C)C)n(COCC[Si](C)(C)C)c2c1. The molecule has 1 N–H and O–H groups in total. The lowest BCUT2D eigenvalue weighted by molar-refractivity contribution is -0.137. The van der Waals surface area contributed by atoms with Crippen molar-refractivity contribution in [3.63, 3.8) is 0 Å². The summed E-state index contributed by atoms with van der Waals surface area (Å²) in [7, 11) is -2.86. The van der Waals surface area contributed by atoms with Crippen LogP contribution >= 0.6 is 0 Å². The normalized spacial score (nSPS) is 13.1. The number of hydrogen-bond acceptors (Lipinski definition) is 5. The molecule has 0 saturated carbocycles. The molecule has 47 heavy (non-hydrogen) atoms. The third-order valence-electron chi connectivity index (χ3n) is 7.82. The van der Waals surface area contributed by atoms with Gasteiger partial charge >= 0.3 is 6.18 Å². The molecule has 256 valence electrons. The predicted molar refractivity (Wildman–Crippen MR) is 181 cm³/mol. The number of fused-ring (bicyclic) bond motifs is 1. The Morgan fingerprint density at radius 3 is 2.09 bits per heavy atom. The van der Waals surface area contributed by atoms with E-state index in [9.17, 15) is 23.1 Å². The number of nitrogens with zero attached hydrogens (tertiary/aromatic N) is 3. The van der Waals surface area contributed by atoms with E-state index in [4.69, 9.17) is 9.47 Å². The van der Waals surface area contributed by atoms with Crippen LogP contribution < -0.4 is 0 Å². The average Bonchev–Trinajstić information content (AvgIpc) is 3.53. The first kappa shape index (κ1) is 36.7. The molecule has 0 aliphatic heterocycles. The van der Waals surface area contributed by atoms with Crippen molar-refractivity contribution >= 4 is 33.0 Å². The van der Waals surface area contributed by atoms with Crippen LogP contribution in [0.1, 0.15) is 40.9 Å². The Kier molecular flexibility index (Phi) is 10.8. The van der Waals surface area contributed by atoms with E-state index in [1.807, 2.05) is 0 Å². The zero-order chi connectivity index (χ0) is 34.9. The Bertz CT molecular complexity index is 1730. The number of alkyl halides is 3. The van der Waals surface area contributed by atoms with Crippen LogP contribution in [0, 0.1) is 5.82 Å². The van der Waals surface area contributed by atoms with Crippen molar-refractivity contribution in [2.75, 3.05) is 13.2 Å². The highest BCUT2D eigenvalue weighted by Crippen LogP contribution is 2.35. The predicted octanol–water partition coefficient (Wildman–Crippen LogP) is 8.75. The molecular weight excluding hydrogens is 647 g/mol. The van der Waals surface area contributed by atoms with Crippen LogP contribution in [0.15, 0.2) is 48.7 Å². The first-order valence-electron chi connectivity index (χ1n) is 15.7. The maximum atomic E-state index is 15.6. The highest BCUT2D eigenvalue weighted by Gasteiger charge is 2.35. The minimum atomic E-state index is -4.73. The van der Waals surface area contributed by atoms with E-state index in [0.29, 0.717) is 30.0 Å². The average molecular weight is 692 g/mol. The van der Waals surface area contributed by atoms with Crippen molar-refractivity contribution in [2.45, 2.75) is 90.5 Å². The molecule has 0 fully saturated rings. The van der Waals surface area contributed by atoms with Crippen molar-refractivity contribution in [1.29, 1.82) is 0 Å². The van der Waals surface area contributed by atoms with Gasteiger partial charge in [-0.05, 0) is 55.8 Å². The minimum Gasteiger partial charge on any atom is -0.386 e. The topological polar surface area (TPSA) is 78.5 Å². The summed E-state index contributed by atoms with van der Waals surface area (Å²) >= 11 is 0. The maximum Gasteiger partial charge on any atom is 0.417 e. The standard InChI is InChI=1S/C34H45F4N3O4Si2/c1-33(2,43)24-18-27(35)30-28(19-24)41(22-45-14-16-47(6,7)8)32(39-30)29-17-23(20-40(29)21-44-13-15-46(3,4)5)31(42)25-11-9-10-12-26(25)34(36,37)38/h9-12,17-20,43H,13-16,21-22H2,1-8H3. The van der Waals surface area contributed by atoms with Crippen LogP contribution in [-0.4, -0.2) is 54.4 Å². The fraction of sp³-hybridized carbons (Fsp3) is 0.471. The van der Waals surface area contributed by atoms with Crippen LogP contribution in [0.25, 0.3) is 22.6 Å². The minimum absolute atomic E-state index is 0.00130. The number of carbonyl (C=O) groups is 1. The zero-order valence-electron chi connectivity index (χ0n) is 28.4. The van der Waals surface area contributed by atoms with Gasteiger partial charge in [-0.1, -0.05) is 57.5 Å². The van der Waals surface area contributed by atoms with E-state index in [-0.39, 0.29) is 30.4 Å². The molecular formula is C34H45F4N3O4Si2. The van der Waals surface area contributed by atoms with Gasteiger partial charge in [0.1, 0.15) is 19.0 Å². The highest BCUT2D eigenvalue weighted by molar-refractivity contribution is 6.76. The third-order valence-corrected chi connectivity index (χ3v) is 11.2. The second-order valence-electron chi connectivity index (χ2n) is 14.9. The molecule has 0 unspecified atom stereocenters. The van der Waals surface area contributed by atoms with Gasteiger partial charge in [0.05, 0.1) is 22.4 Å². The number of ketones is 1. The second kappa shape index (κ2) is 13.8. The fourth-order valence-corrected chi connectivity index (χ4v) is 6.46. The molecule has 7 nitrogen and oxygen atoms in total. The van der Waals surface area contributed by atoms with Crippen molar-refractivity contribution in [2.24, 2.45) is 0 Å². The van der Waals surface area contributed by atoms with Crippen LogP contribution in [0.2, 0.25) is 51.4 Å². The summed E-state index contributed by atoms with van der Waals surface area (Å²) < 4.78 is 72.6. The molecule has 4 rings (SSSR count). The number of carbonyl (C=O) groups excluding carboxylic acids is 1. The van der Waals surface area contributed by atoms with Gasteiger partial charge in [-0.2, -0.15) is 13.2 Å². The molecule has 0 spiro atoms. The zero-order valence-corrected chi connectivity index (χ0v) is 30.4. The fourth-order valence-electron chi connectivity index (χ4n) is 4.95. The van der Waals surface area contributed by atoms with E-state index in [1.54, 1.807) is 29.0 Å². The lowest BCUT2D eigenvalue weighted by atomic mass is 9.98. The Labute approximate surface area is 275 Å². The van der Waals surface area contributed by atoms with Gasteiger partial charge in [-0.25, -0.2) is 9.37 Å². The van der Waals surface area contributed by atoms with Crippen LogP contribution in [0.5, 0.6) is 0 Å². The first-order chi connectivity index (χ1) is 21.7. The number of imidazole rings is 1. The van der Waals surface area contributed by atoms with Crippen molar-refractivity contribution in [1.82, 2.24) is 14.1 Å². The smallest absolute Gasteiger partial charge is 0.386 e. The van der Waals surface area contributed by atoms with Gasteiger partial charge in [0.15, 0.2) is 17.4 Å². The number of ether oxygens (including phenoxy) is 2. The Morgan fingerprint density at radius 1 is 0.915 bits per heavy atom. The lowest BCUT2D eigenvalue weighted by Gasteiger charge is -2.19. The molecule has 4 aromatic rings. The summed E-state index contributed by atoms with van der Waals surface area (Å²) in [6.07, 6.45) is -3.28. The van der Waals surface area contributed by atoms with Crippen LogP contribution in [-0.2, 0) is 34.7 Å². The molecule has 13 heteroatoms. The van der Waals surface area contributed by atoms with E-state index in [0.717, 1.165) is 24.2 Å². The molecule has 0 radical (unpaired) electrons. The van der Waals surface area contributed by atoms with Gasteiger partial charge in [-0.3, -0.25) is 9.36 Å². The van der Waals surface area contributed by atoms with Gasteiger partial charge in [0, 0.05) is 46.7 Å². The van der Waals surface area contributed by atoms with Crippen LogP contribution in [0.3, 0.4) is 0 Å². The Hall–Kier alpha value is -3.11. The molecule has 2 aromatic carbocycles. The van der Waals surface area contributed by atoms with E-state index in [2.05, 4.69) is 44.3 Å². The summed E-state index contributed by atoms with van der Waals surface area (Å²) in [4.78, 5) is 18.3. The Balaban J connectivity index is 1.87. The number of aromatic nitrogens is 3. The molecule has 0 bridgehead atoms. The number of halogens is 4. The van der Waals surface area contributed by atoms with E-state index >= 15 is 4.39 Å². The monoisotopic (exact) mass is 691 g/mol. The number of benzene rings is 2. The summed E-state index contributed by atoms with van der Waals surface area (Å²) in [5.74, 6) is -1.22. The molecule has 0 atom stereocenters. The quantitative estimate of drug-likeness (QED) is 0.0620. The second-order valence-corrected chi connectivity index (χ2v) is 26.1. The summed E-state index contributed by atoms with van der Waals surface area (Å²) in [6, 6.07) is 10.8. The summed E-state index contributed by atoms with van der Waals surface area (Å²) in [6.45, 7) is 17.3. The van der Waals surface area contributed by atoms with Gasteiger partial charge in [0.2, 0.25) is 0 Å². The Morgan fingerprint density at radius 2 is 1.51 bits per heavy atom. The lowest BCUT2D eigenvalue weighted by Crippen LogP contribution is -2.22. The van der Waals surface area contributed by atoms with Crippen molar-refractivity contribution in [3.8, 4) is 11.5 Å². The van der Waals surface area contributed by atoms with E-state index < -0.39 is 50.7 Å². The highest BCUT2D eigenvalue weighted by atomic mass is 28.3. The molecule has 0 aliphatic rings. The third kappa shape index (κ3) is 9.29. The number of hydrogen-bond donors (Lipinski definition) is 1. The van der Waals surface area contributed by atoms with Gasteiger partial charge in [0.25, 0.3) is 0 Å². The van der Waals surface area contributed by atoms with Crippen molar-refractivity contribution in [3.05, 3.63) is 76.7 Å². The van der Waals surface area contributed by atoms with Crippen LogP contribution in [0.4, 0.5) is 17.6 Å². The van der Waals surface area contributed by atoms with Gasteiger partial charge in [-0.15, -0.1) is 0 Å². The van der Waals surface area contributed by atoms with Crippen molar-refractivity contribution < 1.29 is 36.9 Å². The molecule has 0 saturated heterocycles. The summed E-state index contributed by atoms with van der Waals surface area (Å²) in [5, 5.41) is 10.7. The first-order valence-corrected chi connectivity index (χ1v) is 23.1. The maximum absolute atomic E-state index is 15.6. The molecule has 0 amide bonds. The summed E-state index contributed by atoms with van der Waals surface area (Å²) in [5.41, 5.74) is -1.78. The van der Waals surface area contributed by atoms with E-state index in [1.165, 1.54) is 30.5 Å². The molecule has 0 aliphatic carbocycles. The largest absolute Gasteiger partial charge is 0.417 e.